The number of hydrogen-bond donors (Lipinski definition) is 1. The highest BCUT2D eigenvalue weighted by Gasteiger charge is 2.30. The average Bonchev–Trinajstić information content (AvgIpc) is 3.00. The molecule has 2 unspecified atom stereocenters. The highest BCUT2D eigenvalue weighted by atomic mass is 15.2. The van der Waals surface area contributed by atoms with E-state index in [2.05, 4.69) is 24.1 Å². The van der Waals surface area contributed by atoms with Crippen molar-refractivity contribution in [2.75, 3.05) is 13.1 Å². The van der Waals surface area contributed by atoms with Crippen LogP contribution in [0.4, 0.5) is 0 Å². The lowest BCUT2D eigenvalue weighted by atomic mass is 10.1. The molecule has 1 aliphatic heterocycles. The van der Waals surface area contributed by atoms with Crippen molar-refractivity contribution in [1.82, 2.24) is 10.2 Å². The van der Waals surface area contributed by atoms with Crippen LogP contribution in [-0.4, -0.2) is 36.1 Å². The first-order chi connectivity index (χ1) is 7.85. The molecule has 2 atom stereocenters. The van der Waals surface area contributed by atoms with Crippen LogP contribution < -0.4 is 5.32 Å². The Kier molecular flexibility index (Phi) is 4.66. The van der Waals surface area contributed by atoms with Crippen LogP contribution in [0.1, 0.15) is 58.8 Å². The van der Waals surface area contributed by atoms with Crippen LogP contribution in [0, 0.1) is 0 Å². The molecular weight excluding hydrogens is 196 g/mol. The highest BCUT2D eigenvalue weighted by Crippen LogP contribution is 2.25. The molecule has 2 nitrogen and oxygen atoms in total. The molecule has 2 rings (SSSR count). The number of likely N-dealkylation sites (tertiary alicyclic amines) is 1. The van der Waals surface area contributed by atoms with Gasteiger partial charge in [-0.15, -0.1) is 0 Å². The molecular formula is C14H28N2. The zero-order valence-corrected chi connectivity index (χ0v) is 11.0. The first-order valence-corrected chi connectivity index (χ1v) is 7.34. The van der Waals surface area contributed by atoms with Crippen LogP contribution in [0.2, 0.25) is 0 Å². The molecule has 2 aliphatic rings. The summed E-state index contributed by atoms with van der Waals surface area (Å²) >= 11 is 0. The number of nitrogens with one attached hydrogen (secondary N) is 1. The summed E-state index contributed by atoms with van der Waals surface area (Å²) in [6.45, 7) is 7.24. The second-order valence-electron chi connectivity index (χ2n) is 5.57. The zero-order valence-electron chi connectivity index (χ0n) is 11.0. The van der Waals surface area contributed by atoms with E-state index in [-0.39, 0.29) is 0 Å². The van der Waals surface area contributed by atoms with E-state index < -0.39 is 0 Å². The zero-order chi connectivity index (χ0) is 11.4. The molecule has 16 heavy (non-hydrogen) atoms. The van der Waals surface area contributed by atoms with Gasteiger partial charge in [0.05, 0.1) is 0 Å². The van der Waals surface area contributed by atoms with Gasteiger partial charge in [0.25, 0.3) is 0 Å². The van der Waals surface area contributed by atoms with Crippen LogP contribution in [0.15, 0.2) is 0 Å². The Morgan fingerprint density at radius 2 is 2.06 bits per heavy atom. The maximum atomic E-state index is 3.72. The number of nitrogens with zero attached hydrogens (tertiary/aromatic N) is 1. The Bertz CT molecular complexity index is 201. The molecule has 0 bridgehead atoms. The fraction of sp³-hybridized carbons (Fsp3) is 1.00. The molecule has 0 aromatic heterocycles. The van der Waals surface area contributed by atoms with E-state index in [9.17, 15) is 0 Å². The Hall–Kier alpha value is -0.0800. The van der Waals surface area contributed by atoms with Crippen LogP contribution in [-0.2, 0) is 0 Å². The van der Waals surface area contributed by atoms with Crippen molar-refractivity contribution < 1.29 is 0 Å². The number of rotatable bonds is 7. The van der Waals surface area contributed by atoms with Crippen molar-refractivity contribution in [1.29, 1.82) is 0 Å². The van der Waals surface area contributed by atoms with Gasteiger partial charge in [0.2, 0.25) is 0 Å². The van der Waals surface area contributed by atoms with Crippen LogP contribution in [0.5, 0.6) is 0 Å². The van der Waals surface area contributed by atoms with Crippen molar-refractivity contribution in [3.8, 4) is 0 Å². The van der Waals surface area contributed by atoms with Gasteiger partial charge >= 0.3 is 0 Å². The molecule has 1 saturated heterocycles. The quantitative estimate of drug-likeness (QED) is 0.715. The summed E-state index contributed by atoms with van der Waals surface area (Å²) in [7, 11) is 0. The largest absolute Gasteiger partial charge is 0.312 e. The monoisotopic (exact) mass is 224 g/mol. The molecule has 2 heteroatoms. The van der Waals surface area contributed by atoms with Crippen LogP contribution >= 0.6 is 0 Å². The molecule has 0 aromatic carbocycles. The summed E-state index contributed by atoms with van der Waals surface area (Å²) in [6.07, 6.45) is 9.71. The predicted octanol–water partition coefficient (Wildman–Crippen LogP) is 2.78. The molecule has 0 spiro atoms. The van der Waals surface area contributed by atoms with Gasteiger partial charge < -0.3 is 5.32 Å². The first-order valence-electron chi connectivity index (χ1n) is 7.34. The van der Waals surface area contributed by atoms with Crippen molar-refractivity contribution in [3.63, 3.8) is 0 Å². The van der Waals surface area contributed by atoms with Crippen molar-refractivity contribution >= 4 is 0 Å². The summed E-state index contributed by atoms with van der Waals surface area (Å²) < 4.78 is 0. The van der Waals surface area contributed by atoms with Crippen LogP contribution in [0.3, 0.4) is 0 Å². The van der Waals surface area contributed by atoms with E-state index in [1.807, 2.05) is 0 Å². The summed E-state index contributed by atoms with van der Waals surface area (Å²) in [5.41, 5.74) is 0. The molecule has 2 fully saturated rings. The summed E-state index contributed by atoms with van der Waals surface area (Å²) in [6, 6.07) is 2.54. The maximum absolute atomic E-state index is 3.72. The Labute approximate surface area is 101 Å². The number of hydrogen-bond acceptors (Lipinski definition) is 2. The molecule has 0 aromatic rings. The second-order valence-corrected chi connectivity index (χ2v) is 5.57. The summed E-state index contributed by atoms with van der Waals surface area (Å²) in [4.78, 5) is 2.79. The van der Waals surface area contributed by atoms with E-state index in [4.69, 9.17) is 0 Å². The molecule has 1 heterocycles. The smallest absolute Gasteiger partial charge is 0.0223 e. The Morgan fingerprint density at radius 1 is 1.25 bits per heavy atom. The minimum Gasteiger partial charge on any atom is -0.312 e. The van der Waals surface area contributed by atoms with E-state index in [1.165, 1.54) is 58.0 Å². The fourth-order valence-corrected chi connectivity index (χ4v) is 3.09. The van der Waals surface area contributed by atoms with Crippen LogP contribution in [0.25, 0.3) is 0 Å². The van der Waals surface area contributed by atoms with Crippen molar-refractivity contribution in [2.45, 2.75) is 76.9 Å². The molecule has 0 radical (unpaired) electrons. The molecule has 0 amide bonds. The minimum atomic E-state index is 0.804. The third-order valence-electron chi connectivity index (χ3n) is 4.20. The van der Waals surface area contributed by atoms with Gasteiger partial charge in [-0.2, -0.15) is 0 Å². The maximum Gasteiger partial charge on any atom is 0.0223 e. The van der Waals surface area contributed by atoms with Gasteiger partial charge in [-0.3, -0.25) is 4.90 Å². The van der Waals surface area contributed by atoms with Gasteiger partial charge in [-0.1, -0.05) is 20.3 Å². The highest BCUT2D eigenvalue weighted by molar-refractivity contribution is 4.88. The summed E-state index contributed by atoms with van der Waals surface area (Å²) in [5.74, 6) is 0. The van der Waals surface area contributed by atoms with E-state index in [0.717, 1.165) is 18.1 Å². The normalized spacial score (nSPS) is 28.5. The van der Waals surface area contributed by atoms with E-state index in [1.54, 1.807) is 0 Å². The Balaban J connectivity index is 1.82. The van der Waals surface area contributed by atoms with Gasteiger partial charge in [-0.25, -0.2) is 0 Å². The second kappa shape index (κ2) is 6.02. The van der Waals surface area contributed by atoms with Crippen molar-refractivity contribution in [3.05, 3.63) is 0 Å². The SMILES string of the molecule is CCCC(CNC1CC1)N1CCCC1CC. The standard InChI is InChI=1S/C14H28N2/c1-3-6-14(11-15-12-8-9-12)16-10-5-7-13(16)4-2/h12-15H,3-11H2,1-2H3. The predicted molar refractivity (Wildman–Crippen MR) is 69.7 cm³/mol. The third kappa shape index (κ3) is 3.21. The van der Waals surface area contributed by atoms with Gasteiger partial charge in [-0.05, 0) is 45.1 Å². The van der Waals surface area contributed by atoms with E-state index >= 15 is 0 Å². The minimum absolute atomic E-state index is 0.804. The first kappa shape index (κ1) is 12.4. The lowest BCUT2D eigenvalue weighted by molar-refractivity contribution is 0.162. The molecule has 1 aliphatic carbocycles. The molecule has 94 valence electrons. The summed E-state index contributed by atoms with van der Waals surface area (Å²) in [5, 5.41) is 3.72. The van der Waals surface area contributed by atoms with Gasteiger partial charge in [0, 0.05) is 24.7 Å². The average molecular weight is 224 g/mol. The third-order valence-corrected chi connectivity index (χ3v) is 4.20. The lowest BCUT2D eigenvalue weighted by Gasteiger charge is -2.33. The molecule has 1 saturated carbocycles. The fourth-order valence-electron chi connectivity index (χ4n) is 3.09. The van der Waals surface area contributed by atoms with Crippen molar-refractivity contribution in [2.24, 2.45) is 0 Å². The lowest BCUT2D eigenvalue weighted by Crippen LogP contribution is -2.45. The molecule has 1 N–H and O–H groups in total. The topological polar surface area (TPSA) is 15.3 Å². The van der Waals surface area contributed by atoms with E-state index in [0.29, 0.717) is 0 Å². The van der Waals surface area contributed by atoms with Gasteiger partial charge in [0.1, 0.15) is 0 Å². The Morgan fingerprint density at radius 3 is 2.69 bits per heavy atom. The van der Waals surface area contributed by atoms with Gasteiger partial charge in [0.15, 0.2) is 0 Å².